The molecule has 0 unspecified atom stereocenters. The second-order valence-corrected chi connectivity index (χ2v) is 10.0. The maximum Gasteiger partial charge on any atom is 0.495 e. The average Bonchev–Trinajstić information content (AvgIpc) is 3.14. The molecule has 0 radical (unpaired) electrons. The van der Waals surface area contributed by atoms with Gasteiger partial charge < -0.3 is 19.5 Å². The Morgan fingerprint density at radius 3 is 2.62 bits per heavy atom. The third-order valence-electron chi connectivity index (χ3n) is 6.25. The molecular formula is C21H28BN3O3S. The van der Waals surface area contributed by atoms with E-state index in [1.807, 2.05) is 52.8 Å². The van der Waals surface area contributed by atoms with Crippen LogP contribution in [-0.2, 0) is 22.3 Å². The number of likely N-dealkylation sites (N-methyl/N-ethyl adjacent to an activating group) is 1. The van der Waals surface area contributed by atoms with E-state index < -0.39 is 18.3 Å². The summed E-state index contributed by atoms with van der Waals surface area (Å²) in [6.45, 7) is 12.0. The van der Waals surface area contributed by atoms with Crippen LogP contribution in [0, 0.1) is 6.92 Å². The van der Waals surface area contributed by atoms with Crippen molar-refractivity contribution in [3.63, 3.8) is 0 Å². The number of nitrogens with zero attached hydrogens (tertiary/aromatic N) is 2. The number of fused-ring (bicyclic) bond motifs is 1. The molecule has 2 aliphatic heterocycles. The lowest BCUT2D eigenvalue weighted by atomic mass is 9.76. The molecule has 2 aromatic rings. The summed E-state index contributed by atoms with van der Waals surface area (Å²) >= 11 is 1.49. The number of thiazole rings is 1. The summed E-state index contributed by atoms with van der Waals surface area (Å²) in [4.78, 5) is 20.9. The van der Waals surface area contributed by atoms with E-state index >= 15 is 0 Å². The fourth-order valence-corrected chi connectivity index (χ4v) is 4.69. The lowest BCUT2D eigenvalue weighted by molar-refractivity contribution is 0.00578. The molecule has 6 nitrogen and oxygen atoms in total. The van der Waals surface area contributed by atoms with Crippen molar-refractivity contribution < 1.29 is 14.1 Å². The molecule has 1 amide bonds. The van der Waals surface area contributed by atoms with E-state index in [9.17, 15) is 4.79 Å². The molecule has 3 heterocycles. The minimum atomic E-state index is -0.459. The van der Waals surface area contributed by atoms with Gasteiger partial charge in [0.2, 0.25) is 0 Å². The molecule has 1 saturated heterocycles. The van der Waals surface area contributed by atoms with E-state index in [1.54, 1.807) is 0 Å². The van der Waals surface area contributed by atoms with Crippen molar-refractivity contribution >= 4 is 35.5 Å². The molecule has 154 valence electrons. The number of hydrogen-bond donors (Lipinski definition) is 1. The van der Waals surface area contributed by atoms with E-state index in [4.69, 9.17) is 9.31 Å². The average molecular weight is 413 g/mol. The second kappa shape index (κ2) is 7.20. The molecule has 0 saturated carbocycles. The van der Waals surface area contributed by atoms with Gasteiger partial charge in [0, 0.05) is 30.1 Å². The molecule has 1 fully saturated rings. The van der Waals surface area contributed by atoms with Crippen molar-refractivity contribution in [2.45, 2.75) is 58.8 Å². The van der Waals surface area contributed by atoms with Crippen molar-refractivity contribution in [1.29, 1.82) is 0 Å². The van der Waals surface area contributed by atoms with Crippen molar-refractivity contribution in [3.8, 4) is 0 Å². The molecule has 1 N–H and O–H groups in total. The first-order chi connectivity index (χ1) is 13.6. The molecule has 8 heteroatoms. The lowest BCUT2D eigenvalue weighted by Crippen LogP contribution is -2.41. The summed E-state index contributed by atoms with van der Waals surface area (Å²) in [6, 6.07) is 5.82. The Kier molecular flexibility index (Phi) is 5.10. The molecule has 1 aromatic carbocycles. The van der Waals surface area contributed by atoms with E-state index in [0.717, 1.165) is 41.9 Å². The maximum absolute atomic E-state index is 12.9. The Bertz CT molecular complexity index is 941. The Morgan fingerprint density at radius 1 is 1.24 bits per heavy atom. The van der Waals surface area contributed by atoms with E-state index in [1.165, 1.54) is 16.2 Å². The van der Waals surface area contributed by atoms with Crippen LogP contribution < -0.4 is 10.8 Å². The van der Waals surface area contributed by atoms with Crippen LogP contribution in [0.5, 0.6) is 0 Å². The quantitative estimate of drug-likeness (QED) is 0.784. The second-order valence-electron chi connectivity index (χ2n) is 8.94. The van der Waals surface area contributed by atoms with E-state index in [-0.39, 0.29) is 5.91 Å². The number of rotatable bonds is 3. The molecule has 0 spiro atoms. The Morgan fingerprint density at radius 2 is 1.93 bits per heavy atom. The summed E-state index contributed by atoms with van der Waals surface area (Å²) in [5.41, 5.74) is 2.88. The highest BCUT2D eigenvalue weighted by molar-refractivity contribution is 7.13. The topological polar surface area (TPSA) is 63.7 Å². The number of carbonyl (C=O) groups excluding carboxylic acids is 1. The predicted octanol–water partition coefficient (Wildman–Crippen LogP) is 2.99. The van der Waals surface area contributed by atoms with Gasteiger partial charge in [-0.1, -0.05) is 12.1 Å². The first kappa shape index (κ1) is 20.5. The monoisotopic (exact) mass is 413 g/mol. The maximum atomic E-state index is 12.9. The third kappa shape index (κ3) is 3.74. The lowest BCUT2D eigenvalue weighted by Gasteiger charge is -2.32. The smallest absolute Gasteiger partial charge is 0.399 e. The first-order valence-electron chi connectivity index (χ1n) is 10.0. The van der Waals surface area contributed by atoms with Crippen molar-refractivity contribution in [2.75, 3.05) is 18.9 Å². The van der Waals surface area contributed by atoms with Crippen LogP contribution in [0.4, 0.5) is 5.69 Å². The number of aromatic nitrogens is 1. The fourth-order valence-electron chi connectivity index (χ4n) is 3.61. The zero-order chi connectivity index (χ0) is 21.0. The number of amides is 1. The number of benzene rings is 1. The van der Waals surface area contributed by atoms with Crippen molar-refractivity contribution in [3.05, 3.63) is 39.3 Å². The van der Waals surface area contributed by atoms with Gasteiger partial charge in [-0.2, -0.15) is 0 Å². The molecule has 1 aromatic heterocycles. The van der Waals surface area contributed by atoms with Crippen LogP contribution in [0.2, 0.25) is 0 Å². The molecule has 29 heavy (non-hydrogen) atoms. The number of anilines is 1. The zero-order valence-corrected chi connectivity index (χ0v) is 18.8. The Balaban J connectivity index is 1.55. The Hall–Kier alpha value is -1.74. The van der Waals surface area contributed by atoms with Crippen LogP contribution in [0.1, 0.15) is 53.6 Å². The summed E-state index contributed by atoms with van der Waals surface area (Å²) in [5.74, 6) is -0.166. The van der Waals surface area contributed by atoms with Crippen LogP contribution in [0.25, 0.3) is 0 Å². The van der Waals surface area contributed by atoms with Gasteiger partial charge in [0.25, 0.3) is 5.91 Å². The van der Waals surface area contributed by atoms with E-state index in [0.29, 0.717) is 5.01 Å². The van der Waals surface area contributed by atoms with Gasteiger partial charge in [-0.25, -0.2) is 4.98 Å². The first-order valence-corrected chi connectivity index (χ1v) is 10.8. The predicted molar refractivity (Wildman–Crippen MR) is 117 cm³/mol. The van der Waals surface area contributed by atoms with E-state index in [2.05, 4.69) is 22.2 Å². The van der Waals surface area contributed by atoms with Gasteiger partial charge in [0.05, 0.1) is 16.9 Å². The molecule has 0 aliphatic carbocycles. The summed E-state index contributed by atoms with van der Waals surface area (Å²) in [5, 5.41) is 3.56. The van der Waals surface area contributed by atoms with Crippen molar-refractivity contribution in [1.82, 2.24) is 9.88 Å². The third-order valence-corrected chi connectivity index (χ3v) is 7.33. The summed E-state index contributed by atoms with van der Waals surface area (Å²) in [7, 11) is 1.63. The van der Waals surface area contributed by atoms with Crippen molar-refractivity contribution in [2.24, 2.45) is 0 Å². The number of carbonyl (C=O) groups is 1. The van der Waals surface area contributed by atoms with Gasteiger partial charge in [0.1, 0.15) is 0 Å². The molecule has 4 rings (SSSR count). The van der Waals surface area contributed by atoms with Gasteiger partial charge >= 0.3 is 7.12 Å². The Labute approximate surface area is 176 Å². The molecule has 0 bridgehead atoms. The number of nitrogens with one attached hydrogen (secondary N) is 1. The molecular weight excluding hydrogens is 385 g/mol. The van der Waals surface area contributed by atoms with Crippen LogP contribution >= 0.6 is 11.3 Å². The fraction of sp³-hybridized carbons (Fsp3) is 0.524. The van der Waals surface area contributed by atoms with Crippen LogP contribution in [0.3, 0.4) is 0 Å². The van der Waals surface area contributed by atoms with Gasteiger partial charge in [0.15, 0.2) is 5.01 Å². The van der Waals surface area contributed by atoms with Crippen LogP contribution in [0.15, 0.2) is 18.2 Å². The van der Waals surface area contributed by atoms with Gasteiger partial charge in [-0.3, -0.25) is 4.79 Å². The van der Waals surface area contributed by atoms with Gasteiger partial charge in [-0.15, -0.1) is 11.3 Å². The summed E-state index contributed by atoms with van der Waals surface area (Å²) < 4.78 is 12.4. The van der Waals surface area contributed by atoms with Crippen LogP contribution in [-0.4, -0.2) is 47.7 Å². The highest BCUT2D eigenvalue weighted by Gasteiger charge is 2.52. The minimum absolute atomic E-state index is 0.166. The SMILES string of the molecule is Cc1c(NC(=O)c2nc3c(s2)CN(C)CC3)cccc1B1OC(C)(C)C(C)(C)O1. The minimum Gasteiger partial charge on any atom is -0.399 e. The number of hydrogen-bond acceptors (Lipinski definition) is 6. The zero-order valence-electron chi connectivity index (χ0n) is 18.0. The summed E-state index contributed by atoms with van der Waals surface area (Å²) in [6.07, 6.45) is 0.895. The molecule has 2 aliphatic rings. The van der Waals surface area contributed by atoms with Gasteiger partial charge in [-0.05, 0) is 58.8 Å². The highest BCUT2D eigenvalue weighted by atomic mass is 32.1. The standard InChI is InChI=1S/C21H28BN3O3S/c1-13-14(22-27-20(2,3)21(4,5)28-22)8-7-9-15(13)23-18(26)19-24-16-10-11-25(6)12-17(16)29-19/h7-9H,10-12H2,1-6H3,(H,23,26). The molecule has 0 atom stereocenters. The highest BCUT2D eigenvalue weighted by Crippen LogP contribution is 2.37. The largest absolute Gasteiger partial charge is 0.495 e. The normalized spacial score (nSPS) is 20.6.